The summed E-state index contributed by atoms with van der Waals surface area (Å²) in [7, 11) is 0. The Bertz CT molecular complexity index is 430. The summed E-state index contributed by atoms with van der Waals surface area (Å²) in [5, 5.41) is 22.4. The second-order valence-electron chi connectivity index (χ2n) is 3.89. The minimum absolute atomic E-state index is 0.106. The monoisotopic (exact) mass is 321 g/mol. The lowest BCUT2D eigenvalue weighted by atomic mass is 10.0. The van der Waals surface area contributed by atoms with E-state index in [1.54, 1.807) is 11.4 Å². The maximum Gasteiger partial charge on any atom is 0.306 e. The number of aliphatic hydroxyl groups is 1. The number of hydrogen-bond acceptors (Lipinski definition) is 4. The van der Waals surface area contributed by atoms with Gasteiger partial charge < -0.3 is 15.5 Å². The highest BCUT2D eigenvalue weighted by atomic mass is 79.9. The van der Waals surface area contributed by atoms with Gasteiger partial charge in [-0.3, -0.25) is 9.59 Å². The van der Waals surface area contributed by atoms with Crippen LogP contribution in [0.2, 0.25) is 0 Å². The third-order valence-electron chi connectivity index (χ3n) is 1.99. The molecule has 1 rings (SSSR count). The van der Waals surface area contributed by atoms with Crippen molar-refractivity contribution in [3.8, 4) is 0 Å². The molecule has 0 fully saturated rings. The third kappa shape index (κ3) is 4.84. The second kappa shape index (κ2) is 5.61. The van der Waals surface area contributed by atoms with Crippen molar-refractivity contribution < 1.29 is 19.8 Å². The fourth-order valence-corrected chi connectivity index (χ4v) is 2.33. The molecule has 5 nitrogen and oxygen atoms in total. The van der Waals surface area contributed by atoms with Gasteiger partial charge in [0.25, 0.3) is 5.91 Å². The molecule has 0 saturated carbocycles. The first-order valence-electron chi connectivity index (χ1n) is 4.76. The third-order valence-corrected chi connectivity index (χ3v) is 3.50. The van der Waals surface area contributed by atoms with Gasteiger partial charge in [-0.2, -0.15) is 0 Å². The zero-order chi connectivity index (χ0) is 13.1. The van der Waals surface area contributed by atoms with E-state index < -0.39 is 18.0 Å². The summed E-state index contributed by atoms with van der Waals surface area (Å²) >= 11 is 4.61. The van der Waals surface area contributed by atoms with Gasteiger partial charge in [-0.15, -0.1) is 11.3 Å². The quantitative estimate of drug-likeness (QED) is 0.766. The molecule has 1 aromatic heterocycles. The van der Waals surface area contributed by atoms with Crippen molar-refractivity contribution in [1.29, 1.82) is 0 Å². The Morgan fingerprint density at radius 2 is 2.24 bits per heavy atom. The first-order chi connectivity index (χ1) is 7.80. The smallest absolute Gasteiger partial charge is 0.306 e. The number of rotatable bonds is 5. The van der Waals surface area contributed by atoms with E-state index in [1.165, 1.54) is 18.3 Å². The van der Waals surface area contributed by atoms with E-state index >= 15 is 0 Å². The van der Waals surface area contributed by atoms with Crippen LogP contribution in [-0.2, 0) is 4.79 Å². The molecule has 0 radical (unpaired) electrons. The minimum atomic E-state index is -1.45. The average molecular weight is 322 g/mol. The average Bonchev–Trinajstić information content (AvgIpc) is 2.59. The summed E-state index contributed by atoms with van der Waals surface area (Å²) in [6.45, 7) is 1.26. The zero-order valence-electron chi connectivity index (χ0n) is 9.07. The van der Waals surface area contributed by atoms with Gasteiger partial charge in [0.2, 0.25) is 0 Å². The number of carbonyl (C=O) groups is 2. The molecule has 0 bridgehead atoms. The summed E-state index contributed by atoms with van der Waals surface area (Å²) in [6.07, 6.45) is -0.416. The summed E-state index contributed by atoms with van der Waals surface area (Å²) < 4.78 is 0.833. The van der Waals surface area contributed by atoms with Crippen LogP contribution in [0.1, 0.15) is 23.7 Å². The van der Waals surface area contributed by atoms with Gasteiger partial charge in [-0.05, 0) is 28.9 Å². The summed E-state index contributed by atoms with van der Waals surface area (Å²) in [6, 6.07) is 1.66. The van der Waals surface area contributed by atoms with Crippen molar-refractivity contribution in [2.24, 2.45) is 0 Å². The number of nitrogens with one attached hydrogen (secondary N) is 1. The molecule has 1 amide bonds. The summed E-state index contributed by atoms with van der Waals surface area (Å²) in [4.78, 5) is 22.1. The highest BCUT2D eigenvalue weighted by molar-refractivity contribution is 9.11. The van der Waals surface area contributed by atoms with Gasteiger partial charge in [-0.25, -0.2) is 0 Å². The Hall–Kier alpha value is -0.920. The fourth-order valence-electron chi connectivity index (χ4n) is 1.19. The lowest BCUT2D eigenvalue weighted by Crippen LogP contribution is -2.42. The molecule has 0 aliphatic heterocycles. The maximum absolute atomic E-state index is 11.6. The topological polar surface area (TPSA) is 86.6 Å². The number of hydrogen-bond donors (Lipinski definition) is 3. The molecule has 1 atom stereocenters. The molecule has 7 heteroatoms. The van der Waals surface area contributed by atoms with Crippen LogP contribution < -0.4 is 5.32 Å². The summed E-state index contributed by atoms with van der Waals surface area (Å²) in [5.41, 5.74) is -0.970. The number of amides is 1. The predicted octanol–water partition coefficient (Wildman–Crippen LogP) is 1.47. The SMILES string of the molecule is CC(O)(CNC(=O)c1csc(Br)c1)CC(=O)O. The van der Waals surface area contributed by atoms with Gasteiger partial charge in [0, 0.05) is 11.9 Å². The normalized spacial score (nSPS) is 14.1. The fraction of sp³-hybridized carbons (Fsp3) is 0.400. The lowest BCUT2D eigenvalue weighted by Gasteiger charge is -2.21. The van der Waals surface area contributed by atoms with Crippen molar-refractivity contribution in [3.05, 3.63) is 20.8 Å². The molecule has 17 heavy (non-hydrogen) atoms. The Morgan fingerprint density at radius 1 is 1.59 bits per heavy atom. The number of aliphatic carboxylic acids is 1. The van der Waals surface area contributed by atoms with Crippen molar-refractivity contribution in [1.82, 2.24) is 5.32 Å². The number of thiophene rings is 1. The number of carbonyl (C=O) groups excluding carboxylic acids is 1. The molecule has 1 unspecified atom stereocenters. The molecule has 0 aromatic carbocycles. The lowest BCUT2D eigenvalue weighted by molar-refractivity contribution is -0.141. The Balaban J connectivity index is 2.51. The van der Waals surface area contributed by atoms with Crippen LogP contribution in [-0.4, -0.2) is 34.2 Å². The highest BCUT2D eigenvalue weighted by Crippen LogP contribution is 2.20. The van der Waals surface area contributed by atoms with E-state index in [-0.39, 0.29) is 12.5 Å². The van der Waals surface area contributed by atoms with Crippen LogP contribution in [0.5, 0.6) is 0 Å². The second-order valence-corrected chi connectivity index (χ2v) is 6.18. The Kier molecular flexibility index (Phi) is 4.67. The van der Waals surface area contributed by atoms with Crippen molar-refractivity contribution >= 4 is 39.1 Å². The van der Waals surface area contributed by atoms with Crippen molar-refractivity contribution in [3.63, 3.8) is 0 Å². The first-order valence-corrected chi connectivity index (χ1v) is 6.44. The van der Waals surface area contributed by atoms with Gasteiger partial charge in [-0.1, -0.05) is 0 Å². The largest absolute Gasteiger partial charge is 0.481 e. The van der Waals surface area contributed by atoms with Gasteiger partial charge in [0.05, 0.1) is 21.4 Å². The van der Waals surface area contributed by atoms with Crippen molar-refractivity contribution in [2.75, 3.05) is 6.54 Å². The van der Waals surface area contributed by atoms with E-state index in [0.29, 0.717) is 5.56 Å². The first kappa shape index (κ1) is 14.1. The molecule has 0 aliphatic carbocycles. The van der Waals surface area contributed by atoms with E-state index in [9.17, 15) is 14.7 Å². The van der Waals surface area contributed by atoms with Crippen LogP contribution in [0.4, 0.5) is 0 Å². The number of carboxylic acid groups (broad SMARTS) is 1. The maximum atomic E-state index is 11.6. The highest BCUT2D eigenvalue weighted by Gasteiger charge is 2.25. The standard InChI is InChI=1S/C10H12BrNO4S/c1-10(16,3-8(13)14)5-12-9(15)6-2-7(11)17-4-6/h2,4,16H,3,5H2,1H3,(H,12,15)(H,13,14). The molecule has 1 heterocycles. The van der Waals surface area contributed by atoms with Crippen molar-refractivity contribution in [2.45, 2.75) is 18.9 Å². The van der Waals surface area contributed by atoms with Crippen LogP contribution in [0.3, 0.4) is 0 Å². The molecular formula is C10H12BrNO4S. The van der Waals surface area contributed by atoms with E-state index in [0.717, 1.165) is 3.79 Å². The molecule has 1 aromatic rings. The van der Waals surface area contributed by atoms with E-state index in [2.05, 4.69) is 21.2 Å². The predicted molar refractivity (Wildman–Crippen MR) is 67.2 cm³/mol. The Morgan fingerprint density at radius 3 is 2.71 bits per heavy atom. The van der Waals surface area contributed by atoms with E-state index in [4.69, 9.17) is 5.11 Å². The molecule has 0 saturated heterocycles. The van der Waals surface area contributed by atoms with Gasteiger partial charge >= 0.3 is 5.97 Å². The molecule has 94 valence electrons. The number of halogens is 1. The van der Waals surface area contributed by atoms with Gasteiger partial charge in [0.1, 0.15) is 0 Å². The Labute approximate surface area is 111 Å². The minimum Gasteiger partial charge on any atom is -0.481 e. The van der Waals surface area contributed by atoms with Crippen LogP contribution in [0.25, 0.3) is 0 Å². The molecule has 3 N–H and O–H groups in total. The van der Waals surface area contributed by atoms with Gasteiger partial charge in [0.15, 0.2) is 0 Å². The van der Waals surface area contributed by atoms with Crippen LogP contribution in [0, 0.1) is 0 Å². The molecule has 0 aliphatic rings. The van der Waals surface area contributed by atoms with Crippen LogP contribution in [0.15, 0.2) is 15.2 Å². The number of carboxylic acids is 1. The van der Waals surface area contributed by atoms with Crippen LogP contribution >= 0.6 is 27.3 Å². The van der Waals surface area contributed by atoms with E-state index in [1.807, 2.05) is 0 Å². The summed E-state index contributed by atoms with van der Waals surface area (Å²) in [5.74, 6) is -1.44. The molecular weight excluding hydrogens is 310 g/mol. The molecule has 0 spiro atoms. The zero-order valence-corrected chi connectivity index (χ0v) is 11.5.